The lowest BCUT2D eigenvalue weighted by Crippen LogP contribution is -2.09. The van der Waals surface area contributed by atoms with Crippen molar-refractivity contribution in [3.05, 3.63) is 56.0 Å². The zero-order valence-electron chi connectivity index (χ0n) is 14.0. The molecule has 0 spiro atoms. The molecule has 128 valence electrons. The Morgan fingerprint density at radius 3 is 2.50 bits per heavy atom. The fourth-order valence-electron chi connectivity index (χ4n) is 2.31. The molecule has 0 saturated carbocycles. The van der Waals surface area contributed by atoms with Gasteiger partial charge >= 0.3 is 5.97 Å². The summed E-state index contributed by atoms with van der Waals surface area (Å²) >= 11 is 7.07. The van der Waals surface area contributed by atoms with Gasteiger partial charge in [0.1, 0.15) is 18.1 Å². The van der Waals surface area contributed by atoms with Gasteiger partial charge in [-0.25, -0.2) is 0 Å². The smallest absolute Gasteiger partial charge is 0.310 e. The van der Waals surface area contributed by atoms with Crippen LogP contribution in [-0.2, 0) is 17.8 Å². The molecule has 2 aromatic rings. The zero-order chi connectivity index (χ0) is 17.7. The van der Waals surface area contributed by atoms with Gasteiger partial charge in [-0.2, -0.15) is 0 Å². The highest BCUT2D eigenvalue weighted by Crippen LogP contribution is 2.32. The zero-order valence-corrected chi connectivity index (χ0v) is 17.2. The van der Waals surface area contributed by atoms with Gasteiger partial charge in [0, 0.05) is 16.5 Å². The molecular formula is C19H20Br2O3. The number of hydrogen-bond acceptors (Lipinski definition) is 3. The van der Waals surface area contributed by atoms with Crippen molar-refractivity contribution in [2.24, 2.45) is 0 Å². The molecule has 0 radical (unpaired) electrons. The quantitative estimate of drug-likeness (QED) is 0.397. The Balaban J connectivity index is 2.23. The first-order chi connectivity index (χ1) is 11.5. The maximum atomic E-state index is 11.6. The van der Waals surface area contributed by atoms with E-state index in [-0.39, 0.29) is 5.97 Å². The number of carbonyl (C=O) groups is 1. The molecule has 0 heterocycles. The predicted octanol–water partition coefficient (Wildman–Crippen LogP) is 5.98. The summed E-state index contributed by atoms with van der Waals surface area (Å²) in [6.45, 7) is 6.28. The molecule has 2 rings (SSSR count). The molecule has 5 heteroatoms. The summed E-state index contributed by atoms with van der Waals surface area (Å²) in [7, 11) is 0. The number of aryl methyl sites for hydroxylation is 2. The Hall–Kier alpha value is -1.33. The minimum Gasteiger partial charge on any atom is -0.488 e. The number of halogens is 2. The van der Waals surface area contributed by atoms with Crippen molar-refractivity contribution in [1.29, 1.82) is 0 Å². The molecular weight excluding hydrogens is 436 g/mol. The van der Waals surface area contributed by atoms with Crippen molar-refractivity contribution in [3.63, 3.8) is 0 Å². The van der Waals surface area contributed by atoms with Gasteiger partial charge in [0.25, 0.3) is 0 Å². The third-order valence-electron chi connectivity index (χ3n) is 3.73. The maximum absolute atomic E-state index is 11.6. The first kappa shape index (κ1) is 19.0. The maximum Gasteiger partial charge on any atom is 0.310 e. The minimum absolute atomic E-state index is 0.265. The van der Waals surface area contributed by atoms with Crippen molar-refractivity contribution in [1.82, 2.24) is 0 Å². The lowest BCUT2D eigenvalue weighted by atomic mass is 10.1. The lowest BCUT2D eigenvalue weighted by molar-refractivity contribution is -0.134. The molecule has 0 amide bonds. The SMILES string of the molecule is CCC(=O)Oc1cccc(Br)c1COc1cc(C)c(CC)cc1Br. The van der Waals surface area contributed by atoms with E-state index in [2.05, 4.69) is 51.8 Å². The molecule has 0 aromatic heterocycles. The fourth-order valence-corrected chi connectivity index (χ4v) is 3.27. The first-order valence-electron chi connectivity index (χ1n) is 7.86. The van der Waals surface area contributed by atoms with Gasteiger partial charge in [0.15, 0.2) is 0 Å². The third-order valence-corrected chi connectivity index (χ3v) is 5.09. The Labute approximate surface area is 159 Å². The number of esters is 1. The standard InChI is InChI=1S/C19H20Br2O3/c1-4-13-10-16(21)18(9-12(13)3)23-11-14-15(20)7-6-8-17(14)24-19(22)5-2/h6-10H,4-5,11H2,1-3H3. The predicted molar refractivity (Wildman–Crippen MR) is 103 cm³/mol. The summed E-state index contributed by atoms with van der Waals surface area (Å²) in [6.07, 6.45) is 1.31. The summed E-state index contributed by atoms with van der Waals surface area (Å²) in [4.78, 5) is 11.6. The van der Waals surface area contributed by atoms with Crippen LogP contribution in [0, 0.1) is 6.92 Å². The van der Waals surface area contributed by atoms with E-state index < -0.39 is 0 Å². The molecule has 0 bridgehead atoms. The molecule has 0 N–H and O–H groups in total. The second kappa shape index (κ2) is 8.67. The van der Waals surface area contributed by atoms with E-state index >= 15 is 0 Å². The number of carbonyl (C=O) groups excluding carboxylic acids is 1. The Bertz CT molecular complexity index is 742. The van der Waals surface area contributed by atoms with Crippen molar-refractivity contribution in [3.8, 4) is 11.5 Å². The molecule has 0 atom stereocenters. The average molecular weight is 456 g/mol. The van der Waals surface area contributed by atoms with Crippen molar-refractivity contribution in [2.75, 3.05) is 0 Å². The third kappa shape index (κ3) is 4.61. The van der Waals surface area contributed by atoms with E-state index in [1.807, 2.05) is 18.2 Å². The molecule has 24 heavy (non-hydrogen) atoms. The molecule has 2 aromatic carbocycles. The molecule has 0 unspecified atom stereocenters. The van der Waals surface area contributed by atoms with E-state index in [0.29, 0.717) is 18.8 Å². The van der Waals surface area contributed by atoms with E-state index in [9.17, 15) is 4.79 Å². The van der Waals surface area contributed by atoms with E-state index in [0.717, 1.165) is 26.7 Å². The van der Waals surface area contributed by atoms with E-state index in [1.54, 1.807) is 13.0 Å². The molecule has 3 nitrogen and oxygen atoms in total. The first-order valence-corrected chi connectivity index (χ1v) is 9.44. The van der Waals surface area contributed by atoms with Gasteiger partial charge in [-0.3, -0.25) is 4.79 Å². The number of rotatable bonds is 6. The molecule has 0 fully saturated rings. The van der Waals surface area contributed by atoms with Crippen LogP contribution in [0.4, 0.5) is 0 Å². The highest BCUT2D eigenvalue weighted by Gasteiger charge is 2.13. The van der Waals surface area contributed by atoms with E-state index in [4.69, 9.17) is 9.47 Å². The van der Waals surface area contributed by atoms with Crippen LogP contribution < -0.4 is 9.47 Å². The van der Waals surface area contributed by atoms with Crippen LogP contribution in [0.5, 0.6) is 11.5 Å². The minimum atomic E-state index is -0.265. The highest BCUT2D eigenvalue weighted by atomic mass is 79.9. The fraction of sp³-hybridized carbons (Fsp3) is 0.316. The summed E-state index contributed by atoms with van der Waals surface area (Å²) in [5.41, 5.74) is 3.29. The van der Waals surface area contributed by atoms with Crippen LogP contribution in [0.1, 0.15) is 37.0 Å². The molecule has 0 aliphatic carbocycles. The molecule has 0 saturated heterocycles. The van der Waals surface area contributed by atoms with Gasteiger partial charge in [0.05, 0.1) is 4.47 Å². The normalized spacial score (nSPS) is 10.5. The Morgan fingerprint density at radius 2 is 1.83 bits per heavy atom. The topological polar surface area (TPSA) is 35.5 Å². The van der Waals surface area contributed by atoms with Crippen LogP contribution in [-0.4, -0.2) is 5.97 Å². The summed E-state index contributed by atoms with van der Waals surface area (Å²) in [5, 5.41) is 0. The highest BCUT2D eigenvalue weighted by molar-refractivity contribution is 9.10. The monoisotopic (exact) mass is 454 g/mol. The van der Waals surface area contributed by atoms with Crippen LogP contribution in [0.2, 0.25) is 0 Å². The lowest BCUT2D eigenvalue weighted by Gasteiger charge is -2.15. The summed E-state index contributed by atoms with van der Waals surface area (Å²) in [6, 6.07) is 9.63. The summed E-state index contributed by atoms with van der Waals surface area (Å²) in [5.74, 6) is 1.03. The largest absolute Gasteiger partial charge is 0.488 e. The van der Waals surface area contributed by atoms with Gasteiger partial charge in [-0.15, -0.1) is 0 Å². The number of benzene rings is 2. The second-order valence-corrected chi connectivity index (χ2v) is 7.10. The van der Waals surface area contributed by atoms with Gasteiger partial charge in [-0.1, -0.05) is 35.8 Å². The Kier molecular flexibility index (Phi) is 6.87. The van der Waals surface area contributed by atoms with Crippen molar-refractivity contribution >= 4 is 37.8 Å². The van der Waals surface area contributed by atoms with Crippen molar-refractivity contribution < 1.29 is 14.3 Å². The van der Waals surface area contributed by atoms with Crippen LogP contribution in [0.3, 0.4) is 0 Å². The second-order valence-electron chi connectivity index (χ2n) is 5.40. The van der Waals surface area contributed by atoms with Crippen LogP contribution in [0.15, 0.2) is 39.3 Å². The number of ether oxygens (including phenoxy) is 2. The van der Waals surface area contributed by atoms with Crippen molar-refractivity contribution in [2.45, 2.75) is 40.2 Å². The molecule has 0 aliphatic rings. The van der Waals surface area contributed by atoms with Gasteiger partial charge in [-0.05, 0) is 64.7 Å². The van der Waals surface area contributed by atoms with Gasteiger partial charge < -0.3 is 9.47 Å². The molecule has 0 aliphatic heterocycles. The Morgan fingerprint density at radius 1 is 1.08 bits per heavy atom. The van der Waals surface area contributed by atoms with Gasteiger partial charge in [0.2, 0.25) is 0 Å². The van der Waals surface area contributed by atoms with E-state index in [1.165, 1.54) is 11.1 Å². The number of hydrogen-bond donors (Lipinski definition) is 0. The van der Waals surface area contributed by atoms with Crippen LogP contribution in [0.25, 0.3) is 0 Å². The van der Waals surface area contributed by atoms with Crippen LogP contribution >= 0.6 is 31.9 Å². The average Bonchev–Trinajstić information content (AvgIpc) is 2.56. The summed E-state index contributed by atoms with van der Waals surface area (Å²) < 4.78 is 13.1.